The molecule has 0 unspecified atom stereocenters. The molecule has 4 aromatic rings. The Labute approximate surface area is 160 Å². The Bertz CT molecular complexity index is 1120. The third-order valence-electron chi connectivity index (χ3n) is 4.36. The molecular formula is C22H16N2O2S. The van der Waals surface area contributed by atoms with E-state index in [9.17, 15) is 9.90 Å². The van der Waals surface area contributed by atoms with E-state index in [4.69, 9.17) is 0 Å². The molecule has 0 amide bonds. The van der Waals surface area contributed by atoms with Gasteiger partial charge in [0.05, 0.1) is 11.3 Å². The van der Waals surface area contributed by atoms with Crippen LogP contribution in [0.15, 0.2) is 72.2 Å². The molecule has 27 heavy (non-hydrogen) atoms. The van der Waals surface area contributed by atoms with Crippen LogP contribution in [-0.4, -0.2) is 21.0 Å². The van der Waals surface area contributed by atoms with E-state index in [-0.39, 0.29) is 5.56 Å². The largest absolute Gasteiger partial charge is 0.478 e. The van der Waals surface area contributed by atoms with Crippen molar-refractivity contribution in [2.24, 2.45) is 0 Å². The fourth-order valence-electron chi connectivity index (χ4n) is 3.00. The Morgan fingerprint density at radius 3 is 2.52 bits per heavy atom. The van der Waals surface area contributed by atoms with E-state index >= 15 is 0 Å². The van der Waals surface area contributed by atoms with Gasteiger partial charge in [0, 0.05) is 17.1 Å². The van der Waals surface area contributed by atoms with Crippen molar-refractivity contribution in [3.05, 3.63) is 83.4 Å². The van der Waals surface area contributed by atoms with Crippen molar-refractivity contribution >= 4 is 17.3 Å². The zero-order valence-electron chi connectivity index (χ0n) is 14.6. The number of benzene rings is 2. The van der Waals surface area contributed by atoms with Gasteiger partial charge < -0.3 is 5.11 Å². The van der Waals surface area contributed by atoms with E-state index in [1.54, 1.807) is 12.3 Å². The number of thiazole rings is 1. The monoisotopic (exact) mass is 372 g/mol. The van der Waals surface area contributed by atoms with Crippen molar-refractivity contribution < 1.29 is 9.90 Å². The highest BCUT2D eigenvalue weighted by Crippen LogP contribution is 2.33. The number of nitrogens with zero attached hydrogens (tertiary/aromatic N) is 2. The molecule has 0 atom stereocenters. The molecule has 132 valence electrons. The van der Waals surface area contributed by atoms with Crippen LogP contribution in [0.5, 0.6) is 0 Å². The second-order valence-corrected chi connectivity index (χ2v) is 6.99. The highest BCUT2D eigenvalue weighted by Gasteiger charge is 2.16. The van der Waals surface area contributed by atoms with Crippen molar-refractivity contribution in [1.29, 1.82) is 0 Å². The predicted octanol–water partition coefficient (Wildman–Crippen LogP) is 5.55. The van der Waals surface area contributed by atoms with Crippen LogP contribution in [0, 0.1) is 6.92 Å². The fourth-order valence-corrected chi connectivity index (χ4v) is 3.81. The predicted molar refractivity (Wildman–Crippen MR) is 108 cm³/mol. The van der Waals surface area contributed by atoms with Crippen molar-refractivity contribution in [2.45, 2.75) is 6.92 Å². The maximum Gasteiger partial charge on any atom is 0.336 e. The fraction of sp³-hybridized carbons (Fsp3) is 0.0455. The Morgan fingerprint density at radius 2 is 1.78 bits per heavy atom. The lowest BCUT2D eigenvalue weighted by Gasteiger charge is -2.10. The van der Waals surface area contributed by atoms with Gasteiger partial charge >= 0.3 is 5.97 Å². The first-order chi connectivity index (χ1) is 13.1. The molecule has 2 aromatic carbocycles. The van der Waals surface area contributed by atoms with E-state index in [1.165, 1.54) is 11.3 Å². The van der Waals surface area contributed by atoms with Crippen molar-refractivity contribution in [3.8, 4) is 33.1 Å². The highest BCUT2D eigenvalue weighted by molar-refractivity contribution is 7.13. The first-order valence-corrected chi connectivity index (χ1v) is 9.32. The Morgan fingerprint density at radius 1 is 0.963 bits per heavy atom. The molecule has 0 saturated heterocycles. The minimum absolute atomic E-state index is 0.274. The number of aryl methyl sites for hydroxylation is 1. The standard InChI is InChI=1S/C22H16N2O2S/c1-14-6-2-3-7-16(14)17-10-9-15(12-18(17)22(25)26)21-24-20(13-27-21)19-8-4-5-11-23-19/h2-13H,1H3,(H,25,26). The zero-order chi connectivity index (χ0) is 18.8. The van der Waals surface area contributed by atoms with Crippen LogP contribution in [0.3, 0.4) is 0 Å². The summed E-state index contributed by atoms with van der Waals surface area (Å²) < 4.78 is 0. The van der Waals surface area contributed by atoms with Gasteiger partial charge in [0.2, 0.25) is 0 Å². The van der Waals surface area contributed by atoms with Crippen LogP contribution < -0.4 is 0 Å². The molecule has 1 N–H and O–H groups in total. The summed E-state index contributed by atoms with van der Waals surface area (Å²) in [4.78, 5) is 20.8. The minimum Gasteiger partial charge on any atom is -0.478 e. The summed E-state index contributed by atoms with van der Waals surface area (Å²) in [6.07, 6.45) is 1.73. The third-order valence-corrected chi connectivity index (χ3v) is 5.26. The average molecular weight is 372 g/mol. The molecule has 0 saturated carbocycles. The van der Waals surface area contributed by atoms with E-state index in [1.807, 2.05) is 66.9 Å². The number of pyridine rings is 1. The lowest BCUT2D eigenvalue weighted by Crippen LogP contribution is -2.01. The van der Waals surface area contributed by atoms with Gasteiger partial charge in [-0.1, -0.05) is 42.5 Å². The first-order valence-electron chi connectivity index (χ1n) is 8.44. The minimum atomic E-state index is -0.948. The summed E-state index contributed by atoms with van der Waals surface area (Å²) in [5, 5.41) is 12.5. The molecule has 4 rings (SSSR count). The van der Waals surface area contributed by atoms with Gasteiger partial charge in [-0.15, -0.1) is 11.3 Å². The van der Waals surface area contributed by atoms with Crippen LogP contribution in [-0.2, 0) is 0 Å². The maximum atomic E-state index is 11.9. The Hall–Kier alpha value is -3.31. The molecule has 4 nitrogen and oxygen atoms in total. The average Bonchev–Trinajstić information content (AvgIpc) is 3.19. The van der Waals surface area contributed by atoms with Crippen LogP contribution in [0.1, 0.15) is 15.9 Å². The van der Waals surface area contributed by atoms with Gasteiger partial charge in [0.15, 0.2) is 0 Å². The van der Waals surface area contributed by atoms with Gasteiger partial charge in [-0.25, -0.2) is 9.78 Å². The second kappa shape index (κ2) is 7.13. The number of carboxylic acids is 1. The zero-order valence-corrected chi connectivity index (χ0v) is 15.4. The Kier molecular flexibility index (Phi) is 4.52. The molecule has 0 spiro atoms. The lowest BCUT2D eigenvalue weighted by molar-refractivity contribution is 0.0698. The summed E-state index contributed by atoms with van der Waals surface area (Å²) >= 11 is 1.48. The summed E-state index contributed by atoms with van der Waals surface area (Å²) in [6, 6.07) is 19.0. The van der Waals surface area contributed by atoms with Crippen molar-refractivity contribution in [2.75, 3.05) is 0 Å². The number of hydrogen-bond acceptors (Lipinski definition) is 4. The van der Waals surface area contributed by atoms with E-state index < -0.39 is 5.97 Å². The SMILES string of the molecule is Cc1ccccc1-c1ccc(-c2nc(-c3ccccn3)cs2)cc1C(=O)O. The third kappa shape index (κ3) is 3.37. The molecule has 2 heterocycles. The van der Waals surface area contributed by atoms with Crippen LogP contribution >= 0.6 is 11.3 Å². The quantitative estimate of drug-likeness (QED) is 0.510. The van der Waals surface area contributed by atoms with E-state index in [2.05, 4.69) is 9.97 Å². The van der Waals surface area contributed by atoms with E-state index in [0.29, 0.717) is 5.56 Å². The molecule has 0 fully saturated rings. The van der Waals surface area contributed by atoms with Crippen LogP contribution in [0.2, 0.25) is 0 Å². The van der Waals surface area contributed by atoms with Crippen LogP contribution in [0.4, 0.5) is 0 Å². The molecule has 5 heteroatoms. The van der Waals surface area contributed by atoms with Gasteiger partial charge in [0.25, 0.3) is 0 Å². The summed E-state index contributed by atoms with van der Waals surface area (Å²) in [7, 11) is 0. The van der Waals surface area contributed by atoms with Gasteiger partial charge in [0.1, 0.15) is 10.7 Å². The molecule has 0 aliphatic heterocycles. The van der Waals surface area contributed by atoms with Crippen molar-refractivity contribution in [3.63, 3.8) is 0 Å². The summed E-state index contributed by atoms with van der Waals surface area (Å²) in [6.45, 7) is 1.98. The smallest absolute Gasteiger partial charge is 0.336 e. The number of hydrogen-bond donors (Lipinski definition) is 1. The van der Waals surface area contributed by atoms with Crippen molar-refractivity contribution in [1.82, 2.24) is 9.97 Å². The molecule has 0 bridgehead atoms. The lowest BCUT2D eigenvalue weighted by atomic mass is 9.94. The van der Waals surface area contributed by atoms with Crippen LogP contribution in [0.25, 0.3) is 33.1 Å². The van der Waals surface area contributed by atoms with Gasteiger partial charge in [-0.3, -0.25) is 4.98 Å². The highest BCUT2D eigenvalue weighted by atomic mass is 32.1. The van der Waals surface area contributed by atoms with Gasteiger partial charge in [-0.2, -0.15) is 0 Å². The normalized spacial score (nSPS) is 10.7. The number of rotatable bonds is 4. The molecular weight excluding hydrogens is 356 g/mol. The second-order valence-electron chi connectivity index (χ2n) is 6.13. The summed E-state index contributed by atoms with van der Waals surface area (Å²) in [5.74, 6) is -0.948. The molecule has 2 aromatic heterocycles. The Balaban J connectivity index is 1.78. The maximum absolute atomic E-state index is 11.9. The molecule has 0 aliphatic carbocycles. The topological polar surface area (TPSA) is 63.1 Å². The number of carbonyl (C=O) groups is 1. The first kappa shape index (κ1) is 17.1. The number of aromatic nitrogens is 2. The van der Waals surface area contributed by atoms with E-state index in [0.717, 1.165) is 33.1 Å². The number of carboxylic acid groups (broad SMARTS) is 1. The van der Waals surface area contributed by atoms with Gasteiger partial charge in [-0.05, 0) is 41.8 Å². The number of aromatic carboxylic acids is 1. The molecule has 0 aliphatic rings. The molecule has 0 radical (unpaired) electrons. The summed E-state index contributed by atoms with van der Waals surface area (Å²) in [5.41, 5.74) is 5.33.